The molecule has 0 bridgehead atoms. The van der Waals surface area contributed by atoms with E-state index in [0.29, 0.717) is 22.1 Å². The van der Waals surface area contributed by atoms with Gasteiger partial charge in [0, 0.05) is 11.1 Å². The Morgan fingerprint density at radius 3 is 2.78 bits per heavy atom. The minimum absolute atomic E-state index is 0.233. The van der Waals surface area contributed by atoms with Crippen LogP contribution in [0, 0.1) is 6.92 Å². The molecule has 0 spiro atoms. The van der Waals surface area contributed by atoms with Gasteiger partial charge < -0.3 is 10.2 Å². The van der Waals surface area contributed by atoms with E-state index in [1.54, 1.807) is 6.07 Å². The van der Waals surface area contributed by atoms with E-state index in [4.69, 9.17) is 21.8 Å². The number of hydrogen-bond acceptors (Lipinski definition) is 4. The summed E-state index contributed by atoms with van der Waals surface area (Å²) in [6.07, 6.45) is 0. The van der Waals surface area contributed by atoms with Crippen molar-refractivity contribution in [1.82, 2.24) is 9.97 Å². The number of fused-ring (bicyclic) bond motifs is 1. The molecule has 3 aromatic rings. The number of anilines is 1. The summed E-state index contributed by atoms with van der Waals surface area (Å²) in [5.74, 6) is 0.867. The second kappa shape index (κ2) is 3.99. The van der Waals surface area contributed by atoms with Gasteiger partial charge >= 0.3 is 0 Å². The highest BCUT2D eigenvalue weighted by Gasteiger charge is 2.11. The van der Waals surface area contributed by atoms with Crippen molar-refractivity contribution in [2.24, 2.45) is 0 Å². The molecule has 3 rings (SSSR count). The first-order chi connectivity index (χ1) is 8.63. The predicted octanol–water partition coefficient (Wildman–Crippen LogP) is 3.43. The number of nitrogens with zero attached hydrogens (tertiary/aromatic N) is 2. The lowest BCUT2D eigenvalue weighted by molar-refractivity contribution is 0.628. The van der Waals surface area contributed by atoms with E-state index in [0.717, 1.165) is 11.1 Å². The second-order valence-corrected chi connectivity index (χ2v) is 4.43. The van der Waals surface area contributed by atoms with Gasteiger partial charge in [-0.15, -0.1) is 0 Å². The van der Waals surface area contributed by atoms with Crippen LogP contribution in [0.4, 0.5) is 5.95 Å². The van der Waals surface area contributed by atoms with Gasteiger partial charge in [-0.25, -0.2) is 9.97 Å². The lowest BCUT2D eigenvalue weighted by Gasteiger charge is -1.99. The van der Waals surface area contributed by atoms with Crippen LogP contribution in [0.5, 0.6) is 0 Å². The number of rotatable bonds is 1. The molecule has 0 aliphatic heterocycles. The Kier molecular flexibility index (Phi) is 2.45. The Labute approximate surface area is 108 Å². The third-order valence-corrected chi connectivity index (χ3v) is 2.92. The standard InChI is InChI=1S/C13H10ClN3O/c1-7-5-10(17-13(15)16-7)11-6-8-3-2-4-9(14)12(8)18-11/h2-6H,1H3,(H2,15,16,17). The summed E-state index contributed by atoms with van der Waals surface area (Å²) in [5, 5.41) is 1.52. The fourth-order valence-corrected chi connectivity index (χ4v) is 2.09. The molecule has 0 aliphatic carbocycles. The van der Waals surface area contributed by atoms with E-state index in [-0.39, 0.29) is 5.95 Å². The number of hydrogen-bond donors (Lipinski definition) is 1. The van der Waals surface area contributed by atoms with Crippen LogP contribution >= 0.6 is 11.6 Å². The normalized spacial score (nSPS) is 11.0. The molecular formula is C13H10ClN3O. The van der Waals surface area contributed by atoms with E-state index in [1.165, 1.54) is 0 Å². The smallest absolute Gasteiger partial charge is 0.220 e. The highest BCUT2D eigenvalue weighted by atomic mass is 35.5. The summed E-state index contributed by atoms with van der Waals surface area (Å²) in [4.78, 5) is 8.19. The van der Waals surface area contributed by atoms with Crippen LogP contribution in [0.1, 0.15) is 5.69 Å². The Hall–Kier alpha value is -2.07. The summed E-state index contributed by atoms with van der Waals surface area (Å²) >= 11 is 6.07. The zero-order valence-electron chi connectivity index (χ0n) is 9.64. The van der Waals surface area contributed by atoms with Crippen molar-refractivity contribution in [3.63, 3.8) is 0 Å². The van der Waals surface area contributed by atoms with Gasteiger partial charge in [-0.3, -0.25) is 0 Å². The van der Waals surface area contributed by atoms with Gasteiger partial charge in [-0.2, -0.15) is 0 Å². The molecule has 5 heteroatoms. The largest absolute Gasteiger partial charge is 0.453 e. The minimum Gasteiger partial charge on any atom is -0.453 e. The fraction of sp³-hybridized carbons (Fsp3) is 0.0769. The third kappa shape index (κ3) is 1.80. The number of furan rings is 1. The van der Waals surface area contributed by atoms with Crippen molar-refractivity contribution in [2.75, 3.05) is 5.73 Å². The first-order valence-electron chi connectivity index (χ1n) is 5.43. The van der Waals surface area contributed by atoms with Crippen molar-refractivity contribution in [2.45, 2.75) is 6.92 Å². The number of para-hydroxylation sites is 1. The summed E-state index contributed by atoms with van der Waals surface area (Å²) in [7, 11) is 0. The molecule has 0 saturated heterocycles. The molecule has 18 heavy (non-hydrogen) atoms. The SMILES string of the molecule is Cc1cc(-c2cc3cccc(Cl)c3o2)nc(N)n1. The van der Waals surface area contributed by atoms with Gasteiger partial charge in [0.05, 0.1) is 5.02 Å². The number of aromatic nitrogens is 2. The van der Waals surface area contributed by atoms with Crippen LogP contribution in [-0.2, 0) is 0 Å². The van der Waals surface area contributed by atoms with Gasteiger partial charge in [-0.1, -0.05) is 23.7 Å². The molecule has 2 N–H and O–H groups in total. The number of nitrogens with two attached hydrogens (primary N) is 1. The molecule has 2 aromatic heterocycles. The Bertz CT molecular complexity index is 716. The van der Waals surface area contributed by atoms with Crippen molar-refractivity contribution in [3.8, 4) is 11.5 Å². The van der Waals surface area contributed by atoms with Gasteiger partial charge in [0.2, 0.25) is 5.95 Å². The Morgan fingerprint density at radius 2 is 2.06 bits per heavy atom. The summed E-state index contributed by atoms with van der Waals surface area (Å²) < 4.78 is 5.72. The molecule has 0 fully saturated rings. The molecule has 0 saturated carbocycles. The molecule has 0 radical (unpaired) electrons. The Morgan fingerprint density at radius 1 is 1.22 bits per heavy atom. The molecule has 0 unspecified atom stereocenters. The monoisotopic (exact) mass is 259 g/mol. The topological polar surface area (TPSA) is 64.9 Å². The zero-order valence-corrected chi connectivity index (χ0v) is 10.4. The first kappa shape index (κ1) is 11.0. The molecule has 2 heterocycles. The van der Waals surface area contributed by atoms with Gasteiger partial charge in [0.15, 0.2) is 11.3 Å². The van der Waals surface area contributed by atoms with Crippen LogP contribution in [0.3, 0.4) is 0 Å². The lowest BCUT2D eigenvalue weighted by atomic mass is 10.2. The number of benzene rings is 1. The van der Waals surface area contributed by atoms with E-state index < -0.39 is 0 Å². The van der Waals surface area contributed by atoms with Gasteiger partial charge in [0.1, 0.15) is 5.69 Å². The third-order valence-electron chi connectivity index (χ3n) is 2.62. The van der Waals surface area contributed by atoms with E-state index in [1.807, 2.05) is 31.2 Å². The number of aryl methyl sites for hydroxylation is 1. The minimum atomic E-state index is 0.233. The van der Waals surface area contributed by atoms with E-state index >= 15 is 0 Å². The molecule has 0 amide bonds. The van der Waals surface area contributed by atoms with Crippen LogP contribution in [-0.4, -0.2) is 9.97 Å². The molecule has 90 valence electrons. The summed E-state index contributed by atoms with van der Waals surface area (Å²) in [5.41, 5.74) is 7.74. The fourth-order valence-electron chi connectivity index (χ4n) is 1.87. The molecule has 1 aromatic carbocycles. The average molecular weight is 260 g/mol. The maximum atomic E-state index is 6.07. The van der Waals surface area contributed by atoms with E-state index in [2.05, 4.69) is 9.97 Å². The van der Waals surface area contributed by atoms with Crippen LogP contribution in [0.25, 0.3) is 22.4 Å². The lowest BCUT2D eigenvalue weighted by Crippen LogP contribution is -1.97. The maximum absolute atomic E-state index is 6.07. The van der Waals surface area contributed by atoms with Crippen molar-refractivity contribution in [1.29, 1.82) is 0 Å². The number of halogens is 1. The maximum Gasteiger partial charge on any atom is 0.220 e. The van der Waals surface area contributed by atoms with Crippen LogP contribution < -0.4 is 5.73 Å². The zero-order chi connectivity index (χ0) is 12.7. The van der Waals surface area contributed by atoms with E-state index in [9.17, 15) is 0 Å². The first-order valence-corrected chi connectivity index (χ1v) is 5.81. The molecule has 4 nitrogen and oxygen atoms in total. The molecule has 0 atom stereocenters. The predicted molar refractivity (Wildman–Crippen MR) is 71.4 cm³/mol. The van der Waals surface area contributed by atoms with Gasteiger partial charge in [0.25, 0.3) is 0 Å². The summed E-state index contributed by atoms with van der Waals surface area (Å²) in [6, 6.07) is 9.32. The quantitative estimate of drug-likeness (QED) is 0.727. The average Bonchev–Trinajstić information content (AvgIpc) is 2.73. The highest BCUT2D eigenvalue weighted by Crippen LogP contribution is 2.31. The van der Waals surface area contributed by atoms with Crippen molar-refractivity contribution >= 4 is 28.5 Å². The summed E-state index contributed by atoms with van der Waals surface area (Å²) in [6.45, 7) is 1.86. The highest BCUT2D eigenvalue weighted by molar-refractivity contribution is 6.34. The van der Waals surface area contributed by atoms with Gasteiger partial charge in [-0.05, 0) is 25.1 Å². The van der Waals surface area contributed by atoms with Crippen molar-refractivity contribution in [3.05, 3.63) is 41.0 Å². The van der Waals surface area contributed by atoms with Crippen LogP contribution in [0.15, 0.2) is 34.7 Å². The second-order valence-electron chi connectivity index (χ2n) is 4.02. The van der Waals surface area contributed by atoms with Crippen molar-refractivity contribution < 1.29 is 4.42 Å². The molecular weight excluding hydrogens is 250 g/mol. The van der Waals surface area contributed by atoms with Crippen LogP contribution in [0.2, 0.25) is 5.02 Å². The number of nitrogen functional groups attached to an aromatic ring is 1. The Balaban J connectivity index is 2.22. The molecule has 0 aliphatic rings.